The molecule has 8 nitrogen and oxygen atoms in total. The third-order valence-corrected chi connectivity index (χ3v) is 6.86. The molecule has 0 aromatic carbocycles. The number of rotatable bonds is 3. The van der Waals surface area contributed by atoms with Crippen LogP contribution >= 0.6 is 0 Å². The summed E-state index contributed by atoms with van der Waals surface area (Å²) in [6, 6.07) is 3.36. The van der Waals surface area contributed by atoms with Crippen molar-refractivity contribution in [3.63, 3.8) is 0 Å². The van der Waals surface area contributed by atoms with Crippen LogP contribution in [0.4, 0.5) is 4.79 Å². The summed E-state index contributed by atoms with van der Waals surface area (Å²) in [6.45, 7) is 6.67. The molecular formula is C19H29N3O5S. The standard InChI is InChI=1S/C19H29N3O5S/c1-19(2,3)27-18(24)21-10-6-15(7-11-21)22-9-4-5-16(22)17(23)20-14-8-12-28(25,26)13-14/h4-5,9,14-15H,6-8,10-13H2,1-3H3,(H,20,23). The first-order valence-electron chi connectivity index (χ1n) is 9.70. The van der Waals surface area contributed by atoms with E-state index in [4.69, 9.17) is 4.74 Å². The number of likely N-dealkylation sites (tertiary alicyclic amines) is 1. The molecule has 0 bridgehead atoms. The number of hydrogen-bond acceptors (Lipinski definition) is 5. The summed E-state index contributed by atoms with van der Waals surface area (Å²) in [5.41, 5.74) is 0.00729. The third kappa shape index (κ3) is 5.06. The zero-order valence-electron chi connectivity index (χ0n) is 16.7. The summed E-state index contributed by atoms with van der Waals surface area (Å²) in [5, 5.41) is 2.85. The van der Waals surface area contributed by atoms with Gasteiger partial charge in [-0.3, -0.25) is 4.79 Å². The molecule has 2 aliphatic heterocycles. The Hall–Kier alpha value is -2.03. The van der Waals surface area contributed by atoms with Crippen LogP contribution in [0.25, 0.3) is 0 Å². The predicted molar refractivity (Wildman–Crippen MR) is 105 cm³/mol. The maximum atomic E-state index is 12.7. The molecule has 1 N–H and O–H groups in total. The van der Waals surface area contributed by atoms with E-state index in [1.807, 2.05) is 37.6 Å². The van der Waals surface area contributed by atoms with Gasteiger partial charge in [-0.05, 0) is 52.2 Å². The van der Waals surface area contributed by atoms with E-state index in [0.29, 0.717) is 25.2 Å². The Kier molecular flexibility index (Phi) is 5.74. The topological polar surface area (TPSA) is 97.7 Å². The molecule has 2 aliphatic rings. The first kappa shape index (κ1) is 20.7. The number of hydrogen-bond donors (Lipinski definition) is 1. The minimum atomic E-state index is -3.04. The lowest BCUT2D eigenvalue weighted by molar-refractivity contribution is 0.0187. The number of sulfone groups is 1. The quantitative estimate of drug-likeness (QED) is 0.820. The number of amides is 2. The highest BCUT2D eigenvalue weighted by Gasteiger charge is 2.31. The van der Waals surface area contributed by atoms with Gasteiger partial charge in [-0.2, -0.15) is 0 Å². The van der Waals surface area contributed by atoms with Gasteiger partial charge < -0.3 is 19.5 Å². The van der Waals surface area contributed by atoms with Gasteiger partial charge in [0, 0.05) is 31.4 Å². The van der Waals surface area contributed by atoms with Crippen molar-refractivity contribution in [3.8, 4) is 0 Å². The van der Waals surface area contributed by atoms with Crippen LogP contribution < -0.4 is 5.32 Å². The van der Waals surface area contributed by atoms with Crippen molar-refractivity contribution in [3.05, 3.63) is 24.0 Å². The minimum Gasteiger partial charge on any atom is -0.444 e. The summed E-state index contributed by atoms with van der Waals surface area (Å²) < 4.78 is 30.6. The van der Waals surface area contributed by atoms with Crippen LogP contribution in [0.3, 0.4) is 0 Å². The van der Waals surface area contributed by atoms with Gasteiger partial charge in [0.15, 0.2) is 9.84 Å². The van der Waals surface area contributed by atoms with Gasteiger partial charge in [0.1, 0.15) is 11.3 Å². The molecule has 1 atom stereocenters. The highest BCUT2D eigenvalue weighted by Crippen LogP contribution is 2.26. The molecule has 3 rings (SSSR count). The van der Waals surface area contributed by atoms with E-state index in [9.17, 15) is 18.0 Å². The Morgan fingerprint density at radius 1 is 1.18 bits per heavy atom. The maximum Gasteiger partial charge on any atom is 0.410 e. The number of piperidine rings is 1. The van der Waals surface area contributed by atoms with Crippen molar-refractivity contribution in [2.24, 2.45) is 0 Å². The van der Waals surface area contributed by atoms with Crippen molar-refractivity contribution in [2.45, 2.75) is 57.7 Å². The number of nitrogens with one attached hydrogen (secondary N) is 1. The summed E-state index contributed by atoms with van der Waals surface area (Å²) in [7, 11) is -3.04. The van der Waals surface area contributed by atoms with Gasteiger partial charge >= 0.3 is 6.09 Å². The second-order valence-corrected chi connectivity index (χ2v) is 10.8. The fourth-order valence-electron chi connectivity index (χ4n) is 3.73. The second kappa shape index (κ2) is 7.77. The Bertz CT molecular complexity index is 832. The van der Waals surface area contributed by atoms with Gasteiger partial charge in [0.25, 0.3) is 5.91 Å². The Labute approximate surface area is 166 Å². The molecule has 1 unspecified atom stereocenters. The van der Waals surface area contributed by atoms with Crippen molar-refractivity contribution in [1.29, 1.82) is 0 Å². The van der Waals surface area contributed by atoms with Gasteiger partial charge in [0.2, 0.25) is 0 Å². The Morgan fingerprint density at radius 3 is 2.43 bits per heavy atom. The van der Waals surface area contributed by atoms with Crippen molar-refractivity contribution in [1.82, 2.24) is 14.8 Å². The average Bonchev–Trinajstić information content (AvgIpc) is 3.20. The first-order valence-corrected chi connectivity index (χ1v) is 11.5. The molecule has 0 aliphatic carbocycles. The fraction of sp³-hybridized carbons (Fsp3) is 0.684. The normalized spacial score (nSPS) is 22.8. The number of carbonyl (C=O) groups excluding carboxylic acids is 2. The fourth-order valence-corrected chi connectivity index (χ4v) is 5.40. The lowest BCUT2D eigenvalue weighted by Crippen LogP contribution is -2.42. The molecule has 1 aromatic heterocycles. The summed E-state index contributed by atoms with van der Waals surface area (Å²) in [5.74, 6) is -0.114. The number of carbonyl (C=O) groups is 2. The van der Waals surface area contributed by atoms with Crippen LogP contribution in [0.5, 0.6) is 0 Å². The zero-order chi connectivity index (χ0) is 20.5. The molecule has 28 heavy (non-hydrogen) atoms. The largest absolute Gasteiger partial charge is 0.444 e. The lowest BCUT2D eigenvalue weighted by Gasteiger charge is -2.34. The maximum absolute atomic E-state index is 12.7. The first-order chi connectivity index (χ1) is 13.0. The van der Waals surface area contributed by atoms with E-state index < -0.39 is 15.4 Å². The lowest BCUT2D eigenvalue weighted by atomic mass is 10.0. The molecule has 1 aromatic rings. The Morgan fingerprint density at radius 2 is 1.86 bits per heavy atom. The second-order valence-electron chi connectivity index (χ2n) is 8.57. The number of aromatic nitrogens is 1. The highest BCUT2D eigenvalue weighted by atomic mass is 32.2. The molecule has 9 heteroatoms. The highest BCUT2D eigenvalue weighted by molar-refractivity contribution is 7.91. The van der Waals surface area contributed by atoms with Crippen LogP contribution in [0, 0.1) is 0 Å². The molecule has 0 spiro atoms. The molecular weight excluding hydrogens is 382 g/mol. The molecule has 2 saturated heterocycles. The average molecular weight is 412 g/mol. The van der Waals surface area contributed by atoms with E-state index in [1.54, 1.807) is 11.0 Å². The van der Waals surface area contributed by atoms with Crippen LogP contribution in [0.15, 0.2) is 18.3 Å². The number of ether oxygens (including phenoxy) is 1. The van der Waals surface area contributed by atoms with Gasteiger partial charge in [-0.1, -0.05) is 0 Å². The molecule has 0 saturated carbocycles. The van der Waals surface area contributed by atoms with Crippen LogP contribution in [-0.2, 0) is 14.6 Å². The van der Waals surface area contributed by atoms with Crippen LogP contribution in [0.1, 0.15) is 56.6 Å². The van der Waals surface area contributed by atoms with Crippen LogP contribution in [0.2, 0.25) is 0 Å². The van der Waals surface area contributed by atoms with E-state index in [0.717, 1.165) is 12.8 Å². The zero-order valence-corrected chi connectivity index (χ0v) is 17.5. The summed E-state index contributed by atoms with van der Waals surface area (Å²) >= 11 is 0. The van der Waals surface area contributed by atoms with E-state index in [-0.39, 0.29) is 35.6 Å². The summed E-state index contributed by atoms with van der Waals surface area (Å²) in [6.07, 6.45) is 3.48. The third-order valence-electron chi connectivity index (χ3n) is 5.09. The molecule has 0 radical (unpaired) electrons. The molecule has 3 heterocycles. The molecule has 156 valence electrons. The van der Waals surface area contributed by atoms with Crippen LogP contribution in [-0.4, -0.2) is 66.1 Å². The SMILES string of the molecule is CC(C)(C)OC(=O)N1CCC(n2cccc2C(=O)NC2CCS(=O)(=O)C2)CC1. The Balaban J connectivity index is 1.59. The smallest absolute Gasteiger partial charge is 0.410 e. The molecule has 2 fully saturated rings. The summed E-state index contributed by atoms with van der Waals surface area (Å²) in [4.78, 5) is 26.6. The van der Waals surface area contributed by atoms with E-state index in [2.05, 4.69) is 5.32 Å². The number of nitrogens with zero attached hydrogens (tertiary/aromatic N) is 2. The van der Waals surface area contributed by atoms with Crippen molar-refractivity contribution < 1.29 is 22.7 Å². The predicted octanol–water partition coefficient (Wildman–Crippen LogP) is 1.98. The van der Waals surface area contributed by atoms with Gasteiger partial charge in [-0.15, -0.1) is 0 Å². The van der Waals surface area contributed by atoms with E-state index >= 15 is 0 Å². The van der Waals surface area contributed by atoms with Gasteiger partial charge in [0.05, 0.1) is 11.5 Å². The monoisotopic (exact) mass is 411 g/mol. The molecule has 2 amide bonds. The minimum absolute atomic E-state index is 0.00766. The van der Waals surface area contributed by atoms with Gasteiger partial charge in [-0.25, -0.2) is 13.2 Å². The van der Waals surface area contributed by atoms with Crippen molar-refractivity contribution >= 4 is 21.8 Å². The van der Waals surface area contributed by atoms with Crippen molar-refractivity contribution in [2.75, 3.05) is 24.6 Å². The van der Waals surface area contributed by atoms with E-state index in [1.165, 1.54) is 0 Å².